The molecule has 332 valence electrons. The van der Waals surface area contributed by atoms with Crippen molar-refractivity contribution in [1.82, 2.24) is 0 Å². The lowest BCUT2D eigenvalue weighted by atomic mass is 10.2. The molecule has 0 saturated carbocycles. The summed E-state index contributed by atoms with van der Waals surface area (Å²) in [5.74, 6) is 0. The molecule has 0 unspecified atom stereocenters. The van der Waals surface area contributed by atoms with Gasteiger partial charge in [-0.1, -0.05) is 231 Å². The molecular weight excluding hydrogens is 873 g/mol. The Bertz CT molecular complexity index is 1670. The van der Waals surface area contributed by atoms with Gasteiger partial charge in [0.2, 0.25) is 0 Å². The first-order valence-electron chi connectivity index (χ1n) is 24.0. The van der Waals surface area contributed by atoms with Gasteiger partial charge in [0.15, 0.2) is 16.5 Å². The molecule has 0 amide bonds. The van der Waals surface area contributed by atoms with Crippen molar-refractivity contribution in [2.24, 2.45) is 0 Å². The number of aryl methyl sites for hydroxylation is 1. The van der Waals surface area contributed by atoms with Crippen LogP contribution in [0.4, 0.5) is 11.4 Å². The standard InChI is InChI=1S/C40H86N2Si10.C7H8/c1-43(2,3)37(44(4,5)6)29-30-38(45(7,8)9,46(10,11)12)51(37)35-36-42(34-28-26-25-27-33(34)41(35)51)52(36)39(47(13,14)15,48(16,17)18)31-32-40(52,49(19,20)21)50(22,23)24;1-7-5-3-2-4-6-7/h25-28,35-36H,29-32H2,1-24H3;2-6H,1H3/t35-,36-,41?,42?;/m1./s1. The van der Waals surface area contributed by atoms with Crippen LogP contribution in [-0.2, 0) is 0 Å². The lowest BCUT2D eigenvalue weighted by Crippen LogP contribution is -2.75. The minimum absolute atomic E-state index is 0.625. The van der Waals surface area contributed by atoms with Gasteiger partial charge in [0.25, 0.3) is 0 Å². The van der Waals surface area contributed by atoms with Gasteiger partial charge in [-0.3, -0.25) is 0 Å². The van der Waals surface area contributed by atoms with Crippen LogP contribution in [0, 0.1) is 6.92 Å². The molecule has 0 N–H and O–H groups in total. The molecule has 0 radical (unpaired) electrons. The number of nitrogens with zero attached hydrogens (tertiary/aromatic N) is 2. The Morgan fingerprint density at radius 1 is 0.356 bits per heavy atom. The predicted molar refractivity (Wildman–Crippen MR) is 298 cm³/mol. The first-order valence-corrected chi connectivity index (χ1v) is 56.0. The lowest BCUT2D eigenvalue weighted by molar-refractivity contribution is 0.763. The van der Waals surface area contributed by atoms with E-state index in [2.05, 4.69) is 210 Å². The monoisotopic (exact) mass is 967 g/mol. The van der Waals surface area contributed by atoms with Crippen molar-refractivity contribution in [2.75, 3.05) is 9.13 Å². The normalized spacial score (nSPS) is 26.2. The van der Waals surface area contributed by atoms with Gasteiger partial charge in [0, 0.05) is 64.6 Å². The Kier molecular flexibility index (Phi) is 11.2. The van der Waals surface area contributed by atoms with Gasteiger partial charge < -0.3 is 9.13 Å². The highest BCUT2D eigenvalue weighted by Crippen LogP contribution is 2.91. The number of para-hydroxylation sites is 2. The summed E-state index contributed by atoms with van der Waals surface area (Å²) in [5, 5.41) is 0. The fourth-order valence-electron chi connectivity index (χ4n) is 19.6. The van der Waals surface area contributed by atoms with E-state index in [0.717, 1.165) is 11.3 Å². The molecule has 0 aliphatic carbocycles. The minimum Gasteiger partial charge on any atom is -0.390 e. The van der Waals surface area contributed by atoms with E-state index >= 15 is 0 Å². The maximum absolute atomic E-state index is 3.56. The molecule has 2 atom stereocenters. The Hall–Kier alpha value is 0.209. The van der Waals surface area contributed by atoms with Crippen LogP contribution in [0.3, 0.4) is 0 Å². The van der Waals surface area contributed by atoms with Gasteiger partial charge in [-0.2, -0.15) is 0 Å². The second-order valence-corrected chi connectivity index (χ2v) is 86.4. The highest BCUT2D eigenvalue weighted by Gasteiger charge is 3.02. The second-order valence-electron chi connectivity index (χ2n) is 28.9. The number of benzene rings is 2. The van der Waals surface area contributed by atoms with Gasteiger partial charge in [0.05, 0.1) is 22.7 Å². The third-order valence-corrected chi connectivity index (χ3v) is 98.3. The first-order chi connectivity index (χ1) is 26.3. The van der Waals surface area contributed by atoms with E-state index in [1.807, 2.05) is 18.2 Å². The van der Waals surface area contributed by atoms with Gasteiger partial charge in [-0.15, -0.1) is 0 Å². The summed E-state index contributed by atoms with van der Waals surface area (Å²) in [6, 6.07) is 20.7. The third kappa shape index (κ3) is 5.60. The quantitative estimate of drug-likeness (QED) is 0.192. The molecule has 2 aromatic rings. The molecule has 5 aliphatic heterocycles. The zero-order valence-electron chi connectivity index (χ0n) is 43.6. The van der Waals surface area contributed by atoms with Gasteiger partial charge in [-0.05, 0) is 36.2 Å². The number of anilines is 2. The molecular formula is C47H94N2Si10. The maximum Gasteiger partial charge on any atom is 0.181 e. The molecule has 5 aliphatic rings. The summed E-state index contributed by atoms with van der Waals surface area (Å²) in [6.45, 7) is 72.0. The van der Waals surface area contributed by atoms with Crippen molar-refractivity contribution < 1.29 is 0 Å². The average Bonchev–Trinajstić information content (AvgIpc) is 3.74. The highest BCUT2D eigenvalue weighted by atomic mass is 28.5. The van der Waals surface area contributed by atoms with Crippen LogP contribution in [0.1, 0.15) is 31.2 Å². The fourth-order valence-corrected chi connectivity index (χ4v) is 128. The molecule has 0 aromatic heterocycles. The van der Waals surface area contributed by atoms with Crippen molar-refractivity contribution in [3.8, 4) is 0 Å². The number of rotatable bonds is 8. The van der Waals surface area contributed by atoms with E-state index < -0.39 is 81.1 Å². The summed E-state index contributed by atoms with van der Waals surface area (Å²) in [4.78, 5) is 0. The number of fused-ring (bicyclic) bond motifs is 10. The predicted octanol–water partition coefficient (Wildman–Crippen LogP) is 15.6. The summed E-state index contributed by atoms with van der Waals surface area (Å²) >= 11 is 0. The Morgan fingerprint density at radius 3 is 0.729 bits per heavy atom. The van der Waals surface area contributed by atoms with E-state index in [9.17, 15) is 0 Å². The van der Waals surface area contributed by atoms with Crippen LogP contribution < -0.4 is 9.13 Å². The Balaban J connectivity index is 0.000000757. The Labute approximate surface area is 377 Å². The zero-order valence-corrected chi connectivity index (χ0v) is 53.6. The summed E-state index contributed by atoms with van der Waals surface area (Å²) in [6.07, 6.45) is 6.32. The maximum atomic E-state index is 3.56. The molecule has 2 nitrogen and oxygen atoms in total. The molecule has 2 spiro atoms. The third-order valence-electron chi connectivity index (χ3n) is 19.3. The smallest absolute Gasteiger partial charge is 0.181 e. The van der Waals surface area contributed by atoms with Crippen LogP contribution in [0.5, 0.6) is 0 Å². The largest absolute Gasteiger partial charge is 0.390 e. The molecule has 4 fully saturated rings. The van der Waals surface area contributed by atoms with Gasteiger partial charge in [-0.25, -0.2) is 0 Å². The lowest BCUT2D eigenvalue weighted by Gasteiger charge is -2.62. The van der Waals surface area contributed by atoms with E-state index in [4.69, 9.17) is 0 Å². The van der Waals surface area contributed by atoms with Crippen molar-refractivity contribution in [3.63, 3.8) is 0 Å². The molecule has 2 aromatic carbocycles. The molecule has 7 rings (SSSR count). The van der Waals surface area contributed by atoms with Crippen molar-refractivity contribution in [3.05, 3.63) is 60.2 Å². The summed E-state index contributed by atoms with van der Waals surface area (Å²) < 4.78 is 9.62. The van der Waals surface area contributed by atoms with Crippen molar-refractivity contribution >= 4 is 92.4 Å². The Morgan fingerprint density at radius 2 is 0.559 bits per heavy atom. The number of hydrogen-bond acceptors (Lipinski definition) is 2. The summed E-state index contributed by atoms with van der Waals surface area (Å²) in [5.41, 5.74) is 6.60. The SMILES string of the molecule is C[Si](C)(C)C1([Si](C)(C)C)CCC([Si](C)(C)C)([Si](C)(C)C)[Si]12[C@@H]1[C@@H]3N(c4ccccc4N12)[Si]31C([Si](C)(C)C)([Si](C)(C)C)CCC1([Si](C)(C)C)[Si](C)(C)C.Cc1ccccc1. The summed E-state index contributed by atoms with van der Waals surface area (Å²) in [7, 11) is -17.6. The van der Waals surface area contributed by atoms with Crippen LogP contribution in [0.25, 0.3) is 0 Å². The fraction of sp³-hybridized carbons (Fsp3) is 0.745. The molecule has 5 heterocycles. The first kappa shape index (κ1) is 48.7. The van der Waals surface area contributed by atoms with E-state index in [1.165, 1.54) is 5.56 Å². The minimum atomic E-state index is -2.18. The van der Waals surface area contributed by atoms with Crippen LogP contribution in [-0.4, -0.2) is 92.4 Å². The second kappa shape index (κ2) is 13.6. The molecule has 59 heavy (non-hydrogen) atoms. The van der Waals surface area contributed by atoms with E-state index in [-0.39, 0.29) is 0 Å². The number of hydrogen-bond donors (Lipinski definition) is 0. The van der Waals surface area contributed by atoms with Crippen molar-refractivity contribution in [1.29, 1.82) is 0 Å². The van der Waals surface area contributed by atoms with Crippen molar-refractivity contribution in [2.45, 2.75) is 218 Å². The van der Waals surface area contributed by atoms with Crippen LogP contribution in [0.15, 0.2) is 54.6 Å². The molecule has 0 bridgehead atoms. The zero-order chi connectivity index (χ0) is 45.2. The van der Waals surface area contributed by atoms with Crippen LogP contribution in [0.2, 0.25) is 174 Å². The van der Waals surface area contributed by atoms with E-state index in [1.54, 1.807) is 37.1 Å². The molecule has 4 saturated heterocycles. The highest BCUT2D eigenvalue weighted by molar-refractivity contribution is 7.37. The van der Waals surface area contributed by atoms with Crippen LogP contribution >= 0.6 is 0 Å². The molecule has 12 heteroatoms. The van der Waals surface area contributed by atoms with E-state index in [0.29, 0.717) is 17.1 Å². The van der Waals surface area contributed by atoms with Gasteiger partial charge >= 0.3 is 0 Å². The average molecular weight is 968 g/mol. The topological polar surface area (TPSA) is 6.02 Å². The van der Waals surface area contributed by atoms with Gasteiger partial charge in [0.1, 0.15) is 0 Å².